The molecule has 2 heterocycles. The highest BCUT2D eigenvalue weighted by Crippen LogP contribution is 2.30. The van der Waals surface area contributed by atoms with E-state index in [0.717, 1.165) is 35.5 Å². The summed E-state index contributed by atoms with van der Waals surface area (Å²) in [6, 6.07) is 8.94. The largest absolute Gasteiger partial charge is 0.484 e. The summed E-state index contributed by atoms with van der Waals surface area (Å²) in [5.74, 6) is -1.71. The average Bonchev–Trinajstić information content (AvgIpc) is 3.33. The number of piperidine rings is 1. The van der Waals surface area contributed by atoms with E-state index in [1.54, 1.807) is 10.3 Å². The number of halogens is 2. The highest BCUT2D eigenvalue weighted by Gasteiger charge is 2.26. The number of ether oxygens (including phenoxy) is 1. The van der Waals surface area contributed by atoms with Crippen molar-refractivity contribution >= 4 is 28.8 Å². The first kappa shape index (κ1) is 23.8. The summed E-state index contributed by atoms with van der Waals surface area (Å²) in [6.07, 6.45) is 1.49. The summed E-state index contributed by atoms with van der Waals surface area (Å²) in [6.45, 7) is 5.22. The van der Waals surface area contributed by atoms with Gasteiger partial charge in [0.1, 0.15) is 11.4 Å². The zero-order chi connectivity index (χ0) is 24.2. The Balaban J connectivity index is 1.27. The Morgan fingerprint density at radius 1 is 1.09 bits per heavy atom. The summed E-state index contributed by atoms with van der Waals surface area (Å²) >= 11 is 1.39. The number of nitrogens with one attached hydrogen (secondary N) is 1. The Bertz CT molecular complexity index is 1210. The zero-order valence-corrected chi connectivity index (χ0v) is 19.8. The molecule has 1 N–H and O–H groups in total. The van der Waals surface area contributed by atoms with Gasteiger partial charge >= 0.3 is 0 Å². The van der Waals surface area contributed by atoms with Gasteiger partial charge in [0.15, 0.2) is 18.2 Å². The molecule has 4 rings (SSSR count). The number of amides is 2. The molecule has 2 amide bonds. The second kappa shape index (κ2) is 10.3. The van der Waals surface area contributed by atoms with E-state index < -0.39 is 17.5 Å². The smallest absolute Gasteiger partial charge is 0.275 e. The SMILES string of the molecule is Cc1ccc(OCC(=O)N2CCC(c3nc(C(=O)Nc4ccc(F)c(F)c4)cs3)CC2)cc1C. The number of rotatable bonds is 6. The molecule has 1 fully saturated rings. The van der Waals surface area contributed by atoms with Gasteiger partial charge in [0.05, 0.1) is 5.01 Å². The van der Waals surface area contributed by atoms with E-state index in [0.29, 0.717) is 18.8 Å². The van der Waals surface area contributed by atoms with Crippen molar-refractivity contribution in [1.29, 1.82) is 0 Å². The van der Waals surface area contributed by atoms with Crippen LogP contribution in [0.1, 0.15) is 45.4 Å². The average molecular weight is 486 g/mol. The summed E-state index contributed by atoms with van der Waals surface area (Å²) < 4.78 is 32.1. The molecule has 6 nitrogen and oxygen atoms in total. The second-order valence-electron chi connectivity index (χ2n) is 8.34. The lowest BCUT2D eigenvalue weighted by Gasteiger charge is -2.31. The highest BCUT2D eigenvalue weighted by molar-refractivity contribution is 7.10. The number of nitrogens with zero attached hydrogens (tertiary/aromatic N) is 2. The molecule has 1 saturated heterocycles. The van der Waals surface area contributed by atoms with Crippen molar-refractivity contribution in [1.82, 2.24) is 9.88 Å². The first-order valence-electron chi connectivity index (χ1n) is 11.0. The molecule has 0 bridgehead atoms. The molecule has 2 aromatic carbocycles. The number of aromatic nitrogens is 1. The van der Waals surface area contributed by atoms with Crippen LogP contribution >= 0.6 is 11.3 Å². The molecule has 0 unspecified atom stereocenters. The number of hydrogen-bond donors (Lipinski definition) is 1. The Kier molecular flexibility index (Phi) is 7.21. The van der Waals surface area contributed by atoms with Crippen molar-refractivity contribution in [2.24, 2.45) is 0 Å². The molecule has 3 aromatic rings. The van der Waals surface area contributed by atoms with Crippen LogP contribution in [-0.2, 0) is 4.79 Å². The molecule has 0 saturated carbocycles. The highest BCUT2D eigenvalue weighted by atomic mass is 32.1. The van der Waals surface area contributed by atoms with Crippen molar-refractivity contribution in [3.05, 3.63) is 75.2 Å². The van der Waals surface area contributed by atoms with Crippen LogP contribution in [0, 0.1) is 25.5 Å². The molecule has 0 radical (unpaired) electrons. The number of carbonyl (C=O) groups excluding carboxylic acids is 2. The Morgan fingerprint density at radius 3 is 2.56 bits per heavy atom. The van der Waals surface area contributed by atoms with Crippen LogP contribution in [0.15, 0.2) is 41.8 Å². The number of likely N-dealkylation sites (tertiary alicyclic amines) is 1. The molecule has 1 aliphatic heterocycles. The predicted molar refractivity (Wildman–Crippen MR) is 126 cm³/mol. The molecule has 1 aromatic heterocycles. The minimum absolute atomic E-state index is 0.00127. The van der Waals surface area contributed by atoms with E-state index in [2.05, 4.69) is 10.3 Å². The monoisotopic (exact) mass is 485 g/mol. The van der Waals surface area contributed by atoms with Crippen LogP contribution < -0.4 is 10.1 Å². The number of carbonyl (C=O) groups is 2. The van der Waals surface area contributed by atoms with Gasteiger partial charge in [-0.05, 0) is 62.1 Å². The quantitative estimate of drug-likeness (QED) is 0.529. The molecule has 34 heavy (non-hydrogen) atoms. The summed E-state index contributed by atoms with van der Waals surface area (Å²) in [5, 5.41) is 5.01. The molecule has 9 heteroatoms. The van der Waals surface area contributed by atoms with E-state index in [-0.39, 0.29) is 29.8 Å². The fourth-order valence-corrected chi connectivity index (χ4v) is 4.74. The minimum atomic E-state index is -1.03. The third-order valence-corrected chi connectivity index (χ3v) is 6.98. The van der Waals surface area contributed by atoms with Gasteiger partial charge in [0, 0.05) is 36.1 Å². The van der Waals surface area contributed by atoms with E-state index in [4.69, 9.17) is 4.74 Å². The number of aryl methyl sites for hydroxylation is 2. The van der Waals surface area contributed by atoms with Gasteiger partial charge in [0.25, 0.3) is 11.8 Å². The number of anilines is 1. The second-order valence-corrected chi connectivity index (χ2v) is 9.23. The fourth-order valence-electron chi connectivity index (χ4n) is 3.76. The molecule has 0 aliphatic carbocycles. The summed E-state index contributed by atoms with van der Waals surface area (Å²) in [7, 11) is 0. The Hall–Kier alpha value is -3.33. The minimum Gasteiger partial charge on any atom is -0.484 e. The van der Waals surface area contributed by atoms with Crippen LogP contribution in [0.3, 0.4) is 0 Å². The van der Waals surface area contributed by atoms with Crippen molar-refractivity contribution in [3.8, 4) is 5.75 Å². The molecule has 1 aliphatic rings. The fraction of sp³-hybridized carbons (Fsp3) is 0.320. The lowest BCUT2D eigenvalue weighted by atomic mass is 9.97. The molecule has 0 spiro atoms. The summed E-state index contributed by atoms with van der Waals surface area (Å²) in [4.78, 5) is 31.2. The maximum Gasteiger partial charge on any atom is 0.275 e. The van der Waals surface area contributed by atoms with E-state index in [1.807, 2.05) is 32.0 Å². The normalized spacial score (nSPS) is 14.2. The molecule has 178 valence electrons. The Morgan fingerprint density at radius 2 is 1.85 bits per heavy atom. The number of hydrogen-bond acceptors (Lipinski definition) is 5. The van der Waals surface area contributed by atoms with Crippen molar-refractivity contribution in [3.63, 3.8) is 0 Å². The zero-order valence-electron chi connectivity index (χ0n) is 18.9. The van der Waals surface area contributed by atoms with Gasteiger partial charge in [-0.15, -0.1) is 11.3 Å². The van der Waals surface area contributed by atoms with Gasteiger partial charge in [-0.1, -0.05) is 6.07 Å². The number of thiazole rings is 1. The van der Waals surface area contributed by atoms with Crippen LogP contribution in [0.5, 0.6) is 5.75 Å². The van der Waals surface area contributed by atoms with Gasteiger partial charge < -0.3 is 15.0 Å². The molecule has 0 atom stereocenters. The van der Waals surface area contributed by atoms with E-state index in [1.165, 1.54) is 23.0 Å². The first-order chi connectivity index (χ1) is 16.3. The lowest BCUT2D eigenvalue weighted by Crippen LogP contribution is -2.40. The van der Waals surface area contributed by atoms with Crippen molar-refractivity contribution in [2.75, 3.05) is 25.0 Å². The maximum absolute atomic E-state index is 13.4. The molecular formula is C25H25F2N3O3S. The van der Waals surface area contributed by atoms with E-state index >= 15 is 0 Å². The predicted octanol–water partition coefficient (Wildman–Crippen LogP) is 5.08. The molecular weight excluding hydrogens is 460 g/mol. The Labute approximate surface area is 200 Å². The van der Waals surface area contributed by atoms with Crippen molar-refractivity contribution < 1.29 is 23.1 Å². The van der Waals surface area contributed by atoms with Crippen LogP contribution in [0.25, 0.3) is 0 Å². The van der Waals surface area contributed by atoms with Crippen LogP contribution in [0.2, 0.25) is 0 Å². The number of benzene rings is 2. The lowest BCUT2D eigenvalue weighted by molar-refractivity contribution is -0.134. The third kappa shape index (κ3) is 5.59. The van der Waals surface area contributed by atoms with Crippen LogP contribution in [0.4, 0.5) is 14.5 Å². The van der Waals surface area contributed by atoms with Gasteiger partial charge in [-0.2, -0.15) is 0 Å². The van der Waals surface area contributed by atoms with Gasteiger partial charge in [-0.25, -0.2) is 13.8 Å². The standard InChI is InChI=1S/C25H25F2N3O3S/c1-15-3-5-19(11-16(15)2)33-13-23(31)30-9-7-17(8-10-30)25-29-22(14-34-25)24(32)28-18-4-6-20(26)21(27)12-18/h3-6,11-12,14,17H,7-10,13H2,1-2H3,(H,28,32). The maximum atomic E-state index is 13.4. The van der Waals surface area contributed by atoms with Gasteiger partial charge in [-0.3, -0.25) is 9.59 Å². The summed E-state index contributed by atoms with van der Waals surface area (Å²) in [5.41, 5.74) is 2.68. The van der Waals surface area contributed by atoms with Crippen LogP contribution in [-0.4, -0.2) is 41.4 Å². The van der Waals surface area contributed by atoms with Crippen molar-refractivity contribution in [2.45, 2.75) is 32.6 Å². The first-order valence-corrected chi connectivity index (χ1v) is 11.9. The third-order valence-electron chi connectivity index (χ3n) is 5.97. The van der Waals surface area contributed by atoms with Gasteiger partial charge in [0.2, 0.25) is 0 Å². The van der Waals surface area contributed by atoms with E-state index in [9.17, 15) is 18.4 Å². The topological polar surface area (TPSA) is 71.5 Å².